The summed E-state index contributed by atoms with van der Waals surface area (Å²) in [5.41, 5.74) is 5.20. The van der Waals surface area contributed by atoms with E-state index in [4.69, 9.17) is 5.73 Å². The molecule has 0 aromatic heterocycles. The molecule has 0 saturated heterocycles. The molecule has 0 amide bonds. The van der Waals surface area contributed by atoms with Gasteiger partial charge in [-0.25, -0.2) is 0 Å². The van der Waals surface area contributed by atoms with Crippen LogP contribution in [0.15, 0.2) is 17.5 Å². The molecule has 0 aliphatic carbocycles. The number of nitrogens with two attached hydrogens (primary N) is 1. The van der Waals surface area contributed by atoms with E-state index in [1.54, 1.807) is 11.2 Å². The molecular weight excluding hydrogens is 138 g/mol. The third-order valence-corrected chi connectivity index (χ3v) is 1.43. The van der Waals surface area contributed by atoms with E-state index in [0.717, 1.165) is 13.0 Å². The monoisotopic (exact) mass is 155 g/mol. The summed E-state index contributed by atoms with van der Waals surface area (Å²) in [6.45, 7) is 6.51. The van der Waals surface area contributed by atoms with Crippen LogP contribution in [-0.4, -0.2) is 18.3 Å². The number of nitrogens with zero attached hydrogens (tertiary/aromatic N) is 2. The molecule has 0 unspecified atom stereocenters. The summed E-state index contributed by atoms with van der Waals surface area (Å²) in [6.07, 6.45) is 6.78. The van der Waals surface area contributed by atoms with Gasteiger partial charge in [0.15, 0.2) is 0 Å². The minimum absolute atomic E-state index is 0.908. The molecule has 3 heteroatoms. The Morgan fingerprint density at radius 1 is 1.55 bits per heavy atom. The second-order valence-corrected chi connectivity index (χ2v) is 2.35. The van der Waals surface area contributed by atoms with E-state index in [9.17, 15) is 0 Å². The van der Waals surface area contributed by atoms with Crippen LogP contribution in [0.3, 0.4) is 0 Å². The van der Waals surface area contributed by atoms with Crippen LogP contribution < -0.4 is 5.73 Å². The highest BCUT2D eigenvalue weighted by molar-refractivity contribution is 5.22. The maximum Gasteiger partial charge on any atom is 0.0409 e. The summed E-state index contributed by atoms with van der Waals surface area (Å²) in [5, 5.41) is 5.51. The van der Waals surface area contributed by atoms with Gasteiger partial charge in [-0.2, -0.15) is 5.10 Å². The van der Waals surface area contributed by atoms with Crippen molar-refractivity contribution in [2.75, 3.05) is 6.54 Å². The molecule has 0 bridgehead atoms. The molecule has 3 nitrogen and oxygen atoms in total. The van der Waals surface area contributed by atoms with Crippen molar-refractivity contribution in [3.8, 4) is 0 Å². The molecule has 2 N–H and O–H groups in total. The summed E-state index contributed by atoms with van der Waals surface area (Å²) in [7, 11) is 0. The fraction of sp³-hybridized carbons (Fsp3) is 0.625. The molecule has 0 aliphatic heterocycles. The van der Waals surface area contributed by atoms with E-state index >= 15 is 0 Å². The lowest BCUT2D eigenvalue weighted by atomic mass is 10.2. The van der Waals surface area contributed by atoms with Crippen molar-refractivity contribution in [3.63, 3.8) is 0 Å². The molecule has 0 aromatic rings. The van der Waals surface area contributed by atoms with Crippen LogP contribution >= 0.6 is 0 Å². The van der Waals surface area contributed by atoms with Gasteiger partial charge in [0, 0.05) is 25.7 Å². The molecule has 0 aromatic carbocycles. The van der Waals surface area contributed by atoms with Crippen LogP contribution in [0.4, 0.5) is 0 Å². The van der Waals surface area contributed by atoms with E-state index < -0.39 is 0 Å². The minimum Gasteiger partial charge on any atom is -0.403 e. The molecule has 11 heavy (non-hydrogen) atoms. The van der Waals surface area contributed by atoms with Crippen molar-refractivity contribution in [2.24, 2.45) is 10.8 Å². The Morgan fingerprint density at radius 2 is 2.27 bits per heavy atom. The number of unbranched alkanes of at least 4 members (excludes halogenated alkanes) is 2. The topological polar surface area (TPSA) is 41.6 Å². The summed E-state index contributed by atoms with van der Waals surface area (Å²) in [4.78, 5) is 0. The summed E-state index contributed by atoms with van der Waals surface area (Å²) < 4.78 is 0. The first-order valence-corrected chi connectivity index (χ1v) is 3.96. The van der Waals surface area contributed by atoms with Gasteiger partial charge < -0.3 is 5.73 Å². The van der Waals surface area contributed by atoms with Crippen molar-refractivity contribution < 1.29 is 0 Å². The van der Waals surface area contributed by atoms with Crippen LogP contribution in [0, 0.1) is 0 Å². The zero-order valence-corrected chi connectivity index (χ0v) is 7.16. The zero-order valence-electron chi connectivity index (χ0n) is 7.16. The summed E-state index contributed by atoms with van der Waals surface area (Å²) in [6, 6.07) is 0. The fourth-order valence-electron chi connectivity index (χ4n) is 0.816. The summed E-state index contributed by atoms with van der Waals surface area (Å²) >= 11 is 0. The maximum atomic E-state index is 5.20. The molecule has 0 fully saturated rings. The van der Waals surface area contributed by atoms with Crippen LogP contribution in [0.25, 0.3) is 0 Å². The number of hydrogen-bond acceptors (Lipinski definition) is 3. The standard InChI is InChI=1S/C8H17N3/c1-3-4-5-7-11(10-2)8-6-9/h6,8H,2-5,7,9H2,1H3/b8-6-. The van der Waals surface area contributed by atoms with E-state index in [1.165, 1.54) is 19.0 Å². The van der Waals surface area contributed by atoms with E-state index in [-0.39, 0.29) is 0 Å². The molecular formula is C8H17N3. The van der Waals surface area contributed by atoms with Gasteiger partial charge in [-0.1, -0.05) is 19.8 Å². The first kappa shape index (κ1) is 10.0. The lowest BCUT2D eigenvalue weighted by Crippen LogP contribution is -2.11. The first-order chi connectivity index (χ1) is 5.35. The maximum absolute atomic E-state index is 5.20. The van der Waals surface area contributed by atoms with Crippen LogP contribution in [0.1, 0.15) is 26.2 Å². The molecule has 0 radical (unpaired) electrons. The van der Waals surface area contributed by atoms with Crippen LogP contribution in [0.5, 0.6) is 0 Å². The SMILES string of the molecule is C=NN(/C=C\N)CCCCC. The highest BCUT2D eigenvalue weighted by Crippen LogP contribution is 1.98. The Kier molecular flexibility index (Phi) is 6.48. The third kappa shape index (κ3) is 5.45. The molecule has 64 valence electrons. The van der Waals surface area contributed by atoms with Gasteiger partial charge in [-0.3, -0.25) is 5.01 Å². The predicted octanol–water partition coefficient (Wildman–Crippen LogP) is 1.52. The van der Waals surface area contributed by atoms with Gasteiger partial charge in [0.2, 0.25) is 0 Å². The van der Waals surface area contributed by atoms with Gasteiger partial charge in [0.25, 0.3) is 0 Å². The highest BCUT2D eigenvalue weighted by Gasteiger charge is 1.92. The van der Waals surface area contributed by atoms with Crippen molar-refractivity contribution in [2.45, 2.75) is 26.2 Å². The highest BCUT2D eigenvalue weighted by atomic mass is 15.4. The Hall–Kier alpha value is -0.990. The molecule has 0 rings (SSSR count). The van der Waals surface area contributed by atoms with Gasteiger partial charge in [-0.15, -0.1) is 0 Å². The van der Waals surface area contributed by atoms with Gasteiger partial charge in [0.1, 0.15) is 0 Å². The quantitative estimate of drug-likeness (QED) is 0.359. The van der Waals surface area contributed by atoms with Crippen molar-refractivity contribution in [1.29, 1.82) is 0 Å². The molecule has 0 spiro atoms. The summed E-state index contributed by atoms with van der Waals surface area (Å²) in [5.74, 6) is 0. The van der Waals surface area contributed by atoms with E-state index in [2.05, 4.69) is 18.7 Å². The average molecular weight is 155 g/mol. The van der Waals surface area contributed by atoms with Gasteiger partial charge in [0.05, 0.1) is 0 Å². The second-order valence-electron chi connectivity index (χ2n) is 2.35. The van der Waals surface area contributed by atoms with Crippen molar-refractivity contribution in [3.05, 3.63) is 12.4 Å². The molecule has 0 heterocycles. The normalized spacial score (nSPS) is 10.3. The fourth-order valence-corrected chi connectivity index (χ4v) is 0.816. The number of hydrogen-bond donors (Lipinski definition) is 1. The predicted molar refractivity (Wildman–Crippen MR) is 49.1 cm³/mol. The van der Waals surface area contributed by atoms with Crippen molar-refractivity contribution >= 4 is 6.72 Å². The molecule has 0 atom stereocenters. The van der Waals surface area contributed by atoms with Gasteiger partial charge in [-0.05, 0) is 6.42 Å². The Balaban J connectivity index is 3.44. The smallest absolute Gasteiger partial charge is 0.0409 e. The van der Waals surface area contributed by atoms with Crippen LogP contribution in [0.2, 0.25) is 0 Å². The Bertz CT molecular complexity index is 121. The van der Waals surface area contributed by atoms with Crippen molar-refractivity contribution in [1.82, 2.24) is 5.01 Å². The lowest BCUT2D eigenvalue weighted by molar-refractivity contribution is 0.387. The van der Waals surface area contributed by atoms with E-state index in [1.807, 2.05) is 0 Å². The van der Waals surface area contributed by atoms with E-state index in [0.29, 0.717) is 0 Å². The number of hydrazone groups is 1. The van der Waals surface area contributed by atoms with Crippen LogP contribution in [-0.2, 0) is 0 Å². The lowest BCUT2D eigenvalue weighted by Gasteiger charge is -2.11. The second kappa shape index (κ2) is 7.12. The Morgan fingerprint density at radius 3 is 2.73 bits per heavy atom. The first-order valence-electron chi connectivity index (χ1n) is 3.96. The molecule has 0 saturated carbocycles. The Labute approximate surface area is 68.6 Å². The largest absolute Gasteiger partial charge is 0.403 e. The number of rotatable bonds is 6. The van der Waals surface area contributed by atoms with Gasteiger partial charge >= 0.3 is 0 Å². The zero-order chi connectivity index (χ0) is 8.53. The average Bonchev–Trinajstić information content (AvgIpc) is 2.03. The molecule has 0 aliphatic rings. The third-order valence-electron chi connectivity index (χ3n) is 1.43. The minimum atomic E-state index is 0.908.